The van der Waals surface area contributed by atoms with E-state index in [1.54, 1.807) is 0 Å². The van der Waals surface area contributed by atoms with Crippen molar-refractivity contribution in [3.8, 4) is 0 Å². The lowest BCUT2D eigenvalue weighted by molar-refractivity contribution is -0.384. The van der Waals surface area contributed by atoms with Crippen molar-refractivity contribution in [3.63, 3.8) is 0 Å². The van der Waals surface area contributed by atoms with Gasteiger partial charge in [0.1, 0.15) is 5.69 Å². The maximum Gasteiger partial charge on any atom is 0.294 e. The number of nitro groups is 1. The molecule has 0 heterocycles. The summed E-state index contributed by atoms with van der Waals surface area (Å²) in [6.45, 7) is 0.677. The number of hydrazine groups is 1. The van der Waals surface area contributed by atoms with Gasteiger partial charge in [-0.15, -0.1) is 0 Å². The van der Waals surface area contributed by atoms with Crippen LogP contribution < -0.4 is 11.3 Å². The summed E-state index contributed by atoms with van der Waals surface area (Å²) in [4.78, 5) is 10.1. The first-order chi connectivity index (χ1) is 9.84. The topological polar surface area (TPSA) is 128 Å². The van der Waals surface area contributed by atoms with Crippen molar-refractivity contribution in [1.29, 1.82) is 0 Å². The summed E-state index contributed by atoms with van der Waals surface area (Å²) >= 11 is 0. The number of ether oxygens (including phenoxy) is 1. The number of hydrogen-bond donors (Lipinski definition) is 2. The Morgan fingerprint density at radius 2 is 2.14 bits per heavy atom. The zero-order chi connectivity index (χ0) is 16.0. The summed E-state index contributed by atoms with van der Waals surface area (Å²) in [6, 6.07) is 3.51. The average Bonchev–Trinajstić information content (AvgIpc) is 2.46. The van der Waals surface area contributed by atoms with Crippen molar-refractivity contribution in [2.45, 2.75) is 11.3 Å². The van der Waals surface area contributed by atoms with Crippen LogP contribution in [0.5, 0.6) is 0 Å². The van der Waals surface area contributed by atoms with Gasteiger partial charge in [-0.3, -0.25) is 16.0 Å². The molecule has 3 N–H and O–H groups in total. The Balaban J connectivity index is 3.08. The molecule has 0 fully saturated rings. The van der Waals surface area contributed by atoms with Crippen LogP contribution in [-0.4, -0.2) is 45.0 Å². The highest BCUT2D eigenvalue weighted by Gasteiger charge is 2.24. The van der Waals surface area contributed by atoms with E-state index in [4.69, 9.17) is 10.6 Å². The molecule has 0 spiro atoms. The first kappa shape index (κ1) is 17.3. The SMILES string of the molecule is COCCCN(C)S(=O)(=O)c1ccc(NN)c([N+](=O)[O-])c1. The lowest BCUT2D eigenvalue weighted by atomic mass is 10.3. The van der Waals surface area contributed by atoms with E-state index in [0.29, 0.717) is 13.0 Å². The molecule has 0 amide bonds. The second kappa shape index (κ2) is 7.31. The number of anilines is 1. The normalized spacial score (nSPS) is 11.6. The summed E-state index contributed by atoms with van der Waals surface area (Å²) in [5.41, 5.74) is 1.80. The minimum atomic E-state index is -3.80. The lowest BCUT2D eigenvalue weighted by Crippen LogP contribution is -2.28. The Hall–Kier alpha value is -1.75. The zero-order valence-electron chi connectivity index (χ0n) is 11.8. The summed E-state index contributed by atoms with van der Waals surface area (Å²) in [7, 11) is -0.863. The largest absolute Gasteiger partial charge is 0.385 e. The number of rotatable bonds is 8. The van der Waals surface area contributed by atoms with Gasteiger partial charge < -0.3 is 10.2 Å². The van der Waals surface area contributed by atoms with Crippen LogP contribution in [0.3, 0.4) is 0 Å². The quantitative estimate of drug-likeness (QED) is 0.310. The van der Waals surface area contributed by atoms with Crippen LogP contribution in [0.2, 0.25) is 0 Å². The molecule has 0 aliphatic heterocycles. The second-order valence-electron chi connectivity index (χ2n) is 4.25. The monoisotopic (exact) mass is 318 g/mol. The number of nitrogens with one attached hydrogen (secondary N) is 1. The third kappa shape index (κ3) is 4.11. The van der Waals surface area contributed by atoms with Crippen LogP contribution in [0, 0.1) is 10.1 Å². The minimum Gasteiger partial charge on any atom is -0.385 e. The molecular formula is C11H18N4O5S. The van der Waals surface area contributed by atoms with E-state index < -0.39 is 20.6 Å². The molecular weight excluding hydrogens is 300 g/mol. The standard InChI is InChI=1S/C11H18N4O5S/c1-14(6-3-7-20-2)21(18,19)9-4-5-10(13-12)11(8-9)15(16)17/h4-5,8,13H,3,6-7,12H2,1-2H3. The number of nitrogens with zero attached hydrogens (tertiary/aromatic N) is 2. The average molecular weight is 318 g/mol. The predicted molar refractivity (Wildman–Crippen MR) is 77.2 cm³/mol. The molecule has 9 nitrogen and oxygen atoms in total. The summed E-state index contributed by atoms with van der Waals surface area (Å²) in [5.74, 6) is 5.16. The lowest BCUT2D eigenvalue weighted by Gasteiger charge is -2.17. The van der Waals surface area contributed by atoms with E-state index in [9.17, 15) is 18.5 Å². The van der Waals surface area contributed by atoms with Crippen LogP contribution in [0.4, 0.5) is 11.4 Å². The highest BCUT2D eigenvalue weighted by atomic mass is 32.2. The molecule has 21 heavy (non-hydrogen) atoms. The van der Waals surface area contributed by atoms with Gasteiger partial charge in [0.25, 0.3) is 5.69 Å². The molecule has 0 unspecified atom stereocenters. The number of methoxy groups -OCH3 is 1. The highest BCUT2D eigenvalue weighted by molar-refractivity contribution is 7.89. The fraction of sp³-hybridized carbons (Fsp3) is 0.455. The van der Waals surface area contributed by atoms with E-state index in [2.05, 4.69) is 5.43 Å². The van der Waals surface area contributed by atoms with E-state index in [1.807, 2.05) is 0 Å². The van der Waals surface area contributed by atoms with Crippen LogP contribution >= 0.6 is 0 Å². The molecule has 10 heteroatoms. The molecule has 0 saturated heterocycles. The number of nitro benzene ring substituents is 1. The number of hydrogen-bond acceptors (Lipinski definition) is 7. The molecule has 0 atom stereocenters. The smallest absolute Gasteiger partial charge is 0.294 e. The highest BCUT2D eigenvalue weighted by Crippen LogP contribution is 2.27. The van der Waals surface area contributed by atoms with Crippen molar-refractivity contribution < 1.29 is 18.1 Å². The van der Waals surface area contributed by atoms with Gasteiger partial charge in [0, 0.05) is 33.4 Å². The maximum atomic E-state index is 12.3. The third-order valence-corrected chi connectivity index (χ3v) is 4.70. The fourth-order valence-corrected chi connectivity index (χ4v) is 2.91. The molecule has 1 rings (SSSR count). The molecule has 0 aliphatic carbocycles. The van der Waals surface area contributed by atoms with Crippen LogP contribution in [0.15, 0.2) is 23.1 Å². The number of benzene rings is 1. The Kier molecular flexibility index (Phi) is 6.03. The molecule has 0 aliphatic rings. The molecule has 0 bridgehead atoms. The van der Waals surface area contributed by atoms with Crippen molar-refractivity contribution >= 4 is 21.4 Å². The summed E-state index contributed by atoms with van der Waals surface area (Å²) < 4.78 is 30.6. The molecule has 0 radical (unpaired) electrons. The van der Waals surface area contributed by atoms with Crippen LogP contribution in [-0.2, 0) is 14.8 Å². The molecule has 0 saturated carbocycles. The first-order valence-corrected chi connectivity index (χ1v) is 7.49. The van der Waals surface area contributed by atoms with Crippen LogP contribution in [0.25, 0.3) is 0 Å². The minimum absolute atomic E-state index is 0.0426. The third-order valence-electron chi connectivity index (χ3n) is 2.85. The van der Waals surface area contributed by atoms with E-state index in [-0.39, 0.29) is 17.1 Å². The number of sulfonamides is 1. The van der Waals surface area contributed by atoms with Crippen molar-refractivity contribution in [1.82, 2.24) is 4.31 Å². The first-order valence-electron chi connectivity index (χ1n) is 6.05. The summed E-state index contributed by atoms with van der Waals surface area (Å²) in [6.07, 6.45) is 0.525. The van der Waals surface area contributed by atoms with E-state index in [1.165, 1.54) is 26.3 Å². The molecule has 118 valence electrons. The van der Waals surface area contributed by atoms with Gasteiger partial charge in [-0.25, -0.2) is 12.7 Å². The predicted octanol–water partition coefficient (Wildman–Crippen LogP) is 0.537. The molecule has 0 aromatic heterocycles. The Morgan fingerprint density at radius 3 is 2.67 bits per heavy atom. The van der Waals surface area contributed by atoms with Gasteiger partial charge in [0.15, 0.2) is 0 Å². The van der Waals surface area contributed by atoms with Gasteiger partial charge >= 0.3 is 0 Å². The van der Waals surface area contributed by atoms with Gasteiger partial charge in [-0.05, 0) is 18.6 Å². The molecule has 1 aromatic carbocycles. The Morgan fingerprint density at radius 1 is 1.48 bits per heavy atom. The maximum absolute atomic E-state index is 12.3. The van der Waals surface area contributed by atoms with E-state index >= 15 is 0 Å². The van der Waals surface area contributed by atoms with Crippen molar-refractivity contribution in [2.75, 3.05) is 32.7 Å². The number of nitrogens with two attached hydrogens (primary N) is 1. The van der Waals surface area contributed by atoms with Crippen molar-refractivity contribution in [2.24, 2.45) is 5.84 Å². The fourth-order valence-electron chi connectivity index (χ4n) is 1.68. The zero-order valence-corrected chi connectivity index (χ0v) is 12.6. The second-order valence-corrected chi connectivity index (χ2v) is 6.30. The van der Waals surface area contributed by atoms with Gasteiger partial charge in [0.2, 0.25) is 10.0 Å². The van der Waals surface area contributed by atoms with Gasteiger partial charge in [0.05, 0.1) is 9.82 Å². The number of nitrogen functional groups attached to an aromatic ring is 1. The van der Waals surface area contributed by atoms with E-state index in [0.717, 1.165) is 10.4 Å². The van der Waals surface area contributed by atoms with Crippen molar-refractivity contribution in [3.05, 3.63) is 28.3 Å². The summed E-state index contributed by atoms with van der Waals surface area (Å²) in [5, 5.41) is 10.9. The van der Waals surface area contributed by atoms with Gasteiger partial charge in [-0.1, -0.05) is 0 Å². The van der Waals surface area contributed by atoms with Gasteiger partial charge in [-0.2, -0.15) is 0 Å². The Labute approximate surface area is 122 Å². The van der Waals surface area contributed by atoms with Crippen LogP contribution in [0.1, 0.15) is 6.42 Å². The Bertz CT molecular complexity index is 605. The molecule has 1 aromatic rings.